The maximum atomic E-state index is 10.8. The molecule has 0 aliphatic heterocycles. The Morgan fingerprint density at radius 3 is 2.79 bits per heavy atom. The van der Waals surface area contributed by atoms with Gasteiger partial charge in [-0.3, -0.25) is 4.79 Å². The van der Waals surface area contributed by atoms with Gasteiger partial charge in [-0.05, 0) is 25.2 Å². The first-order valence-electron chi connectivity index (χ1n) is 5.31. The van der Waals surface area contributed by atoms with Crippen molar-refractivity contribution in [3.8, 4) is 6.07 Å². The molecule has 0 spiro atoms. The zero-order chi connectivity index (χ0) is 10.6. The summed E-state index contributed by atoms with van der Waals surface area (Å²) in [4.78, 5) is 10.8. The van der Waals surface area contributed by atoms with Crippen LogP contribution < -0.4 is 0 Å². The number of rotatable bonds is 3. The van der Waals surface area contributed by atoms with Crippen LogP contribution in [0.2, 0.25) is 0 Å². The smallest absolute Gasteiger partial charge is 0.307 e. The summed E-state index contributed by atoms with van der Waals surface area (Å²) < 4.78 is 0. The van der Waals surface area contributed by atoms with Crippen molar-refractivity contribution in [2.24, 2.45) is 17.8 Å². The lowest BCUT2D eigenvalue weighted by Crippen LogP contribution is -2.29. The Morgan fingerprint density at radius 2 is 2.29 bits per heavy atom. The lowest BCUT2D eigenvalue weighted by Gasteiger charge is -2.29. The minimum absolute atomic E-state index is 0.266. The van der Waals surface area contributed by atoms with Crippen molar-refractivity contribution in [3.63, 3.8) is 0 Å². The lowest BCUT2D eigenvalue weighted by atomic mass is 9.73. The van der Waals surface area contributed by atoms with E-state index in [1.165, 1.54) is 0 Å². The third-order valence-corrected chi connectivity index (χ3v) is 3.14. The van der Waals surface area contributed by atoms with E-state index in [1.54, 1.807) is 0 Å². The van der Waals surface area contributed by atoms with Gasteiger partial charge in [0, 0.05) is 0 Å². The van der Waals surface area contributed by atoms with Crippen molar-refractivity contribution in [1.29, 1.82) is 5.26 Å². The largest absolute Gasteiger partial charge is 0.481 e. The minimum Gasteiger partial charge on any atom is -0.481 e. The van der Waals surface area contributed by atoms with Crippen molar-refractivity contribution in [1.82, 2.24) is 0 Å². The van der Waals surface area contributed by atoms with Gasteiger partial charge in [0.25, 0.3) is 0 Å². The molecule has 1 fully saturated rings. The average molecular weight is 195 g/mol. The van der Waals surface area contributed by atoms with Gasteiger partial charge in [0.1, 0.15) is 0 Å². The molecule has 0 saturated heterocycles. The van der Waals surface area contributed by atoms with Crippen LogP contribution in [0.5, 0.6) is 0 Å². The molecule has 1 rings (SSSR count). The SMILES string of the molecule is CCCC1CCC(C(=O)O)C(C#N)C1. The molecule has 0 aromatic rings. The van der Waals surface area contributed by atoms with Crippen molar-refractivity contribution < 1.29 is 9.90 Å². The van der Waals surface area contributed by atoms with Gasteiger partial charge in [0.2, 0.25) is 0 Å². The fraction of sp³-hybridized carbons (Fsp3) is 0.818. The van der Waals surface area contributed by atoms with Crippen molar-refractivity contribution >= 4 is 5.97 Å². The Morgan fingerprint density at radius 1 is 1.57 bits per heavy atom. The summed E-state index contributed by atoms with van der Waals surface area (Å²) in [6.07, 6.45) is 4.69. The van der Waals surface area contributed by atoms with Gasteiger partial charge in [0.15, 0.2) is 0 Å². The second kappa shape index (κ2) is 4.99. The number of nitrogens with zero attached hydrogens (tertiary/aromatic N) is 1. The van der Waals surface area contributed by atoms with Gasteiger partial charge >= 0.3 is 5.97 Å². The van der Waals surface area contributed by atoms with Crippen LogP contribution in [-0.2, 0) is 4.79 Å². The lowest BCUT2D eigenvalue weighted by molar-refractivity contribution is -0.144. The van der Waals surface area contributed by atoms with Crippen LogP contribution in [0.3, 0.4) is 0 Å². The maximum absolute atomic E-state index is 10.8. The van der Waals surface area contributed by atoms with Crippen LogP contribution in [0.15, 0.2) is 0 Å². The molecule has 0 heterocycles. The molecule has 0 aromatic heterocycles. The van der Waals surface area contributed by atoms with E-state index in [9.17, 15) is 4.79 Å². The van der Waals surface area contributed by atoms with E-state index in [0.717, 1.165) is 25.7 Å². The van der Waals surface area contributed by atoms with Crippen molar-refractivity contribution in [2.45, 2.75) is 39.0 Å². The molecule has 3 atom stereocenters. The molecule has 0 amide bonds. The van der Waals surface area contributed by atoms with Crippen LogP contribution in [0, 0.1) is 29.1 Å². The number of carboxylic acid groups (broad SMARTS) is 1. The fourth-order valence-electron chi connectivity index (χ4n) is 2.37. The van der Waals surface area contributed by atoms with Gasteiger partial charge in [-0.15, -0.1) is 0 Å². The van der Waals surface area contributed by atoms with Crippen LogP contribution in [-0.4, -0.2) is 11.1 Å². The Hall–Kier alpha value is -1.04. The average Bonchev–Trinajstić information content (AvgIpc) is 2.17. The summed E-state index contributed by atoms with van der Waals surface area (Å²) in [7, 11) is 0. The quantitative estimate of drug-likeness (QED) is 0.752. The molecule has 14 heavy (non-hydrogen) atoms. The molecule has 1 N–H and O–H groups in total. The second-order valence-electron chi connectivity index (χ2n) is 4.15. The maximum Gasteiger partial charge on any atom is 0.307 e. The Kier molecular flexibility index (Phi) is 3.94. The number of nitriles is 1. The predicted octanol–water partition coefficient (Wildman–Crippen LogP) is 2.43. The second-order valence-corrected chi connectivity index (χ2v) is 4.15. The molecule has 78 valence electrons. The highest BCUT2D eigenvalue weighted by Crippen LogP contribution is 2.35. The predicted molar refractivity (Wildman–Crippen MR) is 52.5 cm³/mol. The minimum atomic E-state index is -0.800. The summed E-state index contributed by atoms with van der Waals surface area (Å²) in [6, 6.07) is 2.14. The summed E-state index contributed by atoms with van der Waals surface area (Å²) >= 11 is 0. The summed E-state index contributed by atoms with van der Waals surface area (Å²) in [5, 5.41) is 17.8. The fourth-order valence-corrected chi connectivity index (χ4v) is 2.37. The normalized spacial score (nSPS) is 32.1. The standard InChI is InChI=1S/C11H17NO2/c1-2-3-8-4-5-10(11(13)14)9(6-8)7-12/h8-10H,2-6H2,1H3,(H,13,14). The molecular weight excluding hydrogens is 178 g/mol. The van der Waals surface area contributed by atoms with Crippen LogP contribution >= 0.6 is 0 Å². The molecule has 1 aliphatic rings. The zero-order valence-corrected chi connectivity index (χ0v) is 8.57. The molecule has 3 heteroatoms. The van der Waals surface area contributed by atoms with Gasteiger partial charge in [-0.1, -0.05) is 19.8 Å². The topological polar surface area (TPSA) is 61.1 Å². The molecule has 3 unspecified atom stereocenters. The molecular formula is C11H17NO2. The van der Waals surface area contributed by atoms with Gasteiger partial charge < -0.3 is 5.11 Å². The Bertz CT molecular complexity index is 244. The first kappa shape index (κ1) is 11.0. The third kappa shape index (κ3) is 2.47. The molecule has 0 bridgehead atoms. The first-order chi connectivity index (χ1) is 6.69. The van der Waals surface area contributed by atoms with E-state index in [4.69, 9.17) is 10.4 Å². The monoisotopic (exact) mass is 195 g/mol. The highest BCUT2D eigenvalue weighted by Gasteiger charge is 2.34. The number of hydrogen-bond acceptors (Lipinski definition) is 2. The number of carboxylic acids is 1. The van der Waals surface area contributed by atoms with Gasteiger partial charge in [0.05, 0.1) is 17.9 Å². The summed E-state index contributed by atoms with van der Waals surface area (Å²) in [6.45, 7) is 2.13. The van der Waals surface area contributed by atoms with E-state index < -0.39 is 11.9 Å². The number of aliphatic carboxylic acids is 1. The molecule has 3 nitrogen and oxygen atoms in total. The van der Waals surface area contributed by atoms with Crippen LogP contribution in [0.25, 0.3) is 0 Å². The molecule has 0 radical (unpaired) electrons. The van der Waals surface area contributed by atoms with Crippen molar-refractivity contribution in [3.05, 3.63) is 0 Å². The Labute approximate surface area is 84.7 Å². The summed E-state index contributed by atoms with van der Waals surface area (Å²) in [5.74, 6) is -0.919. The highest BCUT2D eigenvalue weighted by molar-refractivity contribution is 5.71. The van der Waals surface area contributed by atoms with Crippen molar-refractivity contribution in [2.75, 3.05) is 0 Å². The summed E-state index contributed by atoms with van der Waals surface area (Å²) in [5.41, 5.74) is 0. The van der Waals surface area contributed by atoms with E-state index in [2.05, 4.69) is 13.0 Å². The Balaban J connectivity index is 2.56. The van der Waals surface area contributed by atoms with Gasteiger partial charge in [-0.2, -0.15) is 5.26 Å². The van der Waals surface area contributed by atoms with E-state index >= 15 is 0 Å². The number of hydrogen-bond donors (Lipinski definition) is 1. The van der Waals surface area contributed by atoms with E-state index in [0.29, 0.717) is 12.3 Å². The van der Waals surface area contributed by atoms with Crippen LogP contribution in [0.4, 0.5) is 0 Å². The van der Waals surface area contributed by atoms with Gasteiger partial charge in [-0.25, -0.2) is 0 Å². The third-order valence-electron chi connectivity index (χ3n) is 3.14. The van der Waals surface area contributed by atoms with E-state index in [-0.39, 0.29) is 5.92 Å². The van der Waals surface area contributed by atoms with E-state index in [1.807, 2.05) is 0 Å². The van der Waals surface area contributed by atoms with Crippen LogP contribution in [0.1, 0.15) is 39.0 Å². The zero-order valence-electron chi connectivity index (χ0n) is 8.57. The number of carbonyl (C=O) groups is 1. The molecule has 0 aromatic carbocycles. The molecule has 1 aliphatic carbocycles. The molecule has 1 saturated carbocycles. The highest BCUT2D eigenvalue weighted by atomic mass is 16.4. The first-order valence-corrected chi connectivity index (χ1v) is 5.31.